The summed E-state index contributed by atoms with van der Waals surface area (Å²) in [5.41, 5.74) is 0. The van der Waals surface area contributed by atoms with Crippen LogP contribution >= 0.6 is 22.9 Å². The summed E-state index contributed by atoms with van der Waals surface area (Å²) in [6.07, 6.45) is 2.94. The molecule has 0 aliphatic carbocycles. The molecule has 1 aliphatic rings. The number of thiazole rings is 1. The fourth-order valence-corrected chi connectivity index (χ4v) is 3.15. The fraction of sp³-hybridized carbons (Fsp3) is 0.727. The van der Waals surface area contributed by atoms with Crippen molar-refractivity contribution in [3.8, 4) is 0 Å². The Labute approximate surface area is 106 Å². The minimum Gasteiger partial charge on any atom is -0.307 e. The number of hydrogen-bond donors (Lipinski definition) is 1. The van der Waals surface area contributed by atoms with Crippen LogP contribution in [-0.4, -0.2) is 36.1 Å². The first-order chi connectivity index (χ1) is 7.65. The summed E-state index contributed by atoms with van der Waals surface area (Å²) in [6, 6.07) is 0.610. The SMILES string of the molecule is CC1CN(C)CCC1NCc1ncc(Cl)s1. The zero-order chi connectivity index (χ0) is 11.5. The molecule has 1 N–H and O–H groups in total. The Bertz CT molecular complexity index is 342. The van der Waals surface area contributed by atoms with Crippen LogP contribution in [0.1, 0.15) is 18.4 Å². The molecule has 1 saturated heterocycles. The molecular weight excluding hydrogens is 242 g/mol. The quantitative estimate of drug-likeness (QED) is 0.902. The van der Waals surface area contributed by atoms with Crippen molar-refractivity contribution in [1.29, 1.82) is 0 Å². The first-order valence-electron chi connectivity index (χ1n) is 5.67. The third kappa shape index (κ3) is 3.17. The predicted octanol–water partition coefficient (Wildman–Crippen LogP) is 2.23. The summed E-state index contributed by atoms with van der Waals surface area (Å²) in [6.45, 7) is 5.51. The smallest absolute Gasteiger partial charge is 0.113 e. The molecule has 3 nitrogen and oxygen atoms in total. The van der Waals surface area contributed by atoms with Gasteiger partial charge in [0, 0.05) is 19.1 Å². The van der Waals surface area contributed by atoms with Gasteiger partial charge in [0.25, 0.3) is 0 Å². The van der Waals surface area contributed by atoms with Gasteiger partial charge < -0.3 is 10.2 Å². The summed E-state index contributed by atoms with van der Waals surface area (Å²) < 4.78 is 0.772. The van der Waals surface area contributed by atoms with E-state index < -0.39 is 0 Å². The van der Waals surface area contributed by atoms with Crippen molar-refractivity contribution >= 4 is 22.9 Å². The number of aromatic nitrogens is 1. The summed E-state index contributed by atoms with van der Waals surface area (Å²) >= 11 is 7.41. The van der Waals surface area contributed by atoms with Crippen LogP contribution in [0.4, 0.5) is 0 Å². The molecule has 0 bridgehead atoms. The van der Waals surface area contributed by atoms with Crippen LogP contribution in [-0.2, 0) is 6.54 Å². The minimum atomic E-state index is 0.610. The van der Waals surface area contributed by atoms with Gasteiger partial charge in [0.15, 0.2) is 0 Å². The number of halogens is 1. The van der Waals surface area contributed by atoms with E-state index in [1.165, 1.54) is 19.5 Å². The van der Waals surface area contributed by atoms with Gasteiger partial charge in [-0.3, -0.25) is 0 Å². The lowest BCUT2D eigenvalue weighted by Gasteiger charge is -2.35. The lowest BCUT2D eigenvalue weighted by molar-refractivity contribution is 0.174. The van der Waals surface area contributed by atoms with Gasteiger partial charge in [0.2, 0.25) is 0 Å². The minimum absolute atomic E-state index is 0.610. The molecule has 0 saturated carbocycles. The van der Waals surface area contributed by atoms with Crippen molar-refractivity contribution < 1.29 is 0 Å². The van der Waals surface area contributed by atoms with Gasteiger partial charge in [-0.1, -0.05) is 18.5 Å². The number of nitrogens with zero attached hydrogens (tertiary/aromatic N) is 2. The van der Waals surface area contributed by atoms with Gasteiger partial charge in [-0.05, 0) is 25.9 Å². The molecule has 5 heteroatoms. The van der Waals surface area contributed by atoms with E-state index in [4.69, 9.17) is 11.6 Å². The van der Waals surface area contributed by atoms with E-state index >= 15 is 0 Å². The maximum absolute atomic E-state index is 5.85. The third-order valence-electron chi connectivity index (χ3n) is 3.15. The van der Waals surface area contributed by atoms with Crippen LogP contribution in [0.2, 0.25) is 4.34 Å². The van der Waals surface area contributed by atoms with E-state index in [9.17, 15) is 0 Å². The Morgan fingerprint density at radius 1 is 1.69 bits per heavy atom. The molecular formula is C11H18ClN3S. The first-order valence-corrected chi connectivity index (χ1v) is 6.86. The molecule has 2 rings (SSSR count). The van der Waals surface area contributed by atoms with E-state index in [-0.39, 0.29) is 0 Å². The number of nitrogens with one attached hydrogen (secondary N) is 1. The zero-order valence-corrected chi connectivity index (χ0v) is 11.3. The highest BCUT2D eigenvalue weighted by Crippen LogP contribution is 2.20. The van der Waals surface area contributed by atoms with Crippen LogP contribution in [0.3, 0.4) is 0 Å². The van der Waals surface area contributed by atoms with E-state index in [1.54, 1.807) is 17.5 Å². The van der Waals surface area contributed by atoms with E-state index in [0.717, 1.165) is 15.9 Å². The lowest BCUT2D eigenvalue weighted by Crippen LogP contribution is -2.46. The maximum Gasteiger partial charge on any atom is 0.113 e. The molecule has 16 heavy (non-hydrogen) atoms. The van der Waals surface area contributed by atoms with Gasteiger partial charge in [-0.25, -0.2) is 4.98 Å². The zero-order valence-electron chi connectivity index (χ0n) is 9.74. The van der Waals surface area contributed by atoms with Crippen LogP contribution in [0.25, 0.3) is 0 Å². The standard InChI is InChI=1S/C11H18ClN3S/c1-8-7-15(2)4-3-9(8)13-6-11-14-5-10(12)16-11/h5,8-9,13H,3-4,6-7H2,1-2H3. The second-order valence-corrected chi connectivity index (χ2v) is 6.32. The molecule has 0 radical (unpaired) electrons. The number of rotatable bonds is 3. The van der Waals surface area contributed by atoms with Gasteiger partial charge in [0.05, 0.1) is 6.20 Å². The highest BCUT2D eigenvalue weighted by molar-refractivity contribution is 7.15. The summed E-state index contributed by atoms with van der Waals surface area (Å²) in [5.74, 6) is 0.703. The van der Waals surface area contributed by atoms with Crippen molar-refractivity contribution in [2.24, 2.45) is 5.92 Å². The Kier molecular flexibility index (Phi) is 4.19. The number of hydrogen-bond acceptors (Lipinski definition) is 4. The van der Waals surface area contributed by atoms with E-state index in [0.29, 0.717) is 12.0 Å². The normalized spacial score (nSPS) is 27.2. The molecule has 1 aromatic rings. The Balaban J connectivity index is 1.81. The Morgan fingerprint density at radius 3 is 3.12 bits per heavy atom. The maximum atomic E-state index is 5.85. The van der Waals surface area contributed by atoms with Crippen molar-refractivity contribution in [3.05, 3.63) is 15.5 Å². The summed E-state index contributed by atoms with van der Waals surface area (Å²) in [4.78, 5) is 6.65. The van der Waals surface area contributed by atoms with Crippen LogP contribution in [0.15, 0.2) is 6.20 Å². The molecule has 90 valence electrons. The van der Waals surface area contributed by atoms with Gasteiger partial charge in [0.1, 0.15) is 9.34 Å². The Morgan fingerprint density at radius 2 is 2.50 bits per heavy atom. The molecule has 2 heterocycles. The van der Waals surface area contributed by atoms with Gasteiger partial charge >= 0.3 is 0 Å². The topological polar surface area (TPSA) is 28.2 Å². The highest BCUT2D eigenvalue weighted by Gasteiger charge is 2.23. The summed E-state index contributed by atoms with van der Waals surface area (Å²) in [7, 11) is 2.19. The summed E-state index contributed by atoms with van der Waals surface area (Å²) in [5, 5.41) is 4.66. The molecule has 1 aliphatic heterocycles. The van der Waals surface area contributed by atoms with Crippen molar-refractivity contribution in [2.75, 3.05) is 20.1 Å². The van der Waals surface area contributed by atoms with Gasteiger partial charge in [-0.2, -0.15) is 0 Å². The fourth-order valence-electron chi connectivity index (χ4n) is 2.25. The monoisotopic (exact) mass is 259 g/mol. The molecule has 0 amide bonds. The van der Waals surface area contributed by atoms with Crippen LogP contribution in [0, 0.1) is 5.92 Å². The molecule has 2 unspecified atom stereocenters. The van der Waals surface area contributed by atoms with Crippen LogP contribution < -0.4 is 5.32 Å². The van der Waals surface area contributed by atoms with Gasteiger partial charge in [-0.15, -0.1) is 11.3 Å². The van der Waals surface area contributed by atoms with Crippen molar-refractivity contribution in [2.45, 2.75) is 25.9 Å². The van der Waals surface area contributed by atoms with Crippen LogP contribution in [0.5, 0.6) is 0 Å². The van der Waals surface area contributed by atoms with Crippen molar-refractivity contribution in [3.63, 3.8) is 0 Å². The second kappa shape index (κ2) is 5.45. The lowest BCUT2D eigenvalue weighted by atomic mass is 9.94. The van der Waals surface area contributed by atoms with E-state index in [2.05, 4.69) is 29.2 Å². The Hall–Kier alpha value is -0.160. The molecule has 1 fully saturated rings. The third-order valence-corrected chi connectivity index (χ3v) is 4.26. The molecule has 0 aromatic carbocycles. The van der Waals surface area contributed by atoms with Crippen molar-refractivity contribution in [1.82, 2.24) is 15.2 Å². The average Bonchev–Trinajstić information content (AvgIpc) is 2.63. The predicted molar refractivity (Wildman–Crippen MR) is 69.0 cm³/mol. The largest absolute Gasteiger partial charge is 0.307 e. The van der Waals surface area contributed by atoms with E-state index in [1.807, 2.05) is 0 Å². The molecule has 2 atom stereocenters. The second-order valence-electron chi connectivity index (χ2n) is 4.57. The first kappa shape index (κ1) is 12.3. The molecule has 0 spiro atoms. The number of piperidine rings is 1. The highest BCUT2D eigenvalue weighted by atomic mass is 35.5. The molecule has 1 aromatic heterocycles. The average molecular weight is 260 g/mol. The number of likely N-dealkylation sites (tertiary alicyclic amines) is 1.